The molecule has 3 heterocycles. The molecular formula is C15H19N5O3. The molecule has 0 spiro atoms. The highest BCUT2D eigenvalue weighted by atomic mass is 16.2. The second kappa shape index (κ2) is 6.64. The maximum Gasteiger partial charge on any atom is 0.325 e. The lowest BCUT2D eigenvalue weighted by molar-refractivity contribution is -0.130. The van der Waals surface area contributed by atoms with Crippen LogP contribution in [0.25, 0.3) is 0 Å². The van der Waals surface area contributed by atoms with Crippen molar-refractivity contribution in [3.05, 3.63) is 24.4 Å². The van der Waals surface area contributed by atoms with Crippen LogP contribution in [0.3, 0.4) is 0 Å². The smallest absolute Gasteiger partial charge is 0.325 e. The van der Waals surface area contributed by atoms with Gasteiger partial charge in [0.15, 0.2) is 0 Å². The van der Waals surface area contributed by atoms with E-state index in [0.29, 0.717) is 6.54 Å². The van der Waals surface area contributed by atoms with Crippen LogP contribution in [-0.4, -0.2) is 60.0 Å². The number of nitrogens with zero attached hydrogens (tertiary/aromatic N) is 3. The molecular weight excluding hydrogens is 298 g/mol. The van der Waals surface area contributed by atoms with Crippen LogP contribution in [0.5, 0.6) is 0 Å². The highest BCUT2D eigenvalue weighted by molar-refractivity contribution is 6.04. The van der Waals surface area contributed by atoms with Crippen LogP contribution in [0.4, 0.5) is 10.6 Å². The summed E-state index contributed by atoms with van der Waals surface area (Å²) < 4.78 is 0. The van der Waals surface area contributed by atoms with Crippen molar-refractivity contribution < 1.29 is 14.4 Å². The Morgan fingerprint density at radius 3 is 2.96 bits per heavy atom. The molecule has 0 bridgehead atoms. The summed E-state index contributed by atoms with van der Waals surface area (Å²) in [7, 11) is 0. The summed E-state index contributed by atoms with van der Waals surface area (Å²) in [6.07, 6.45) is 3.56. The lowest BCUT2D eigenvalue weighted by atomic mass is 10.1. The van der Waals surface area contributed by atoms with E-state index in [1.807, 2.05) is 18.2 Å². The lowest BCUT2D eigenvalue weighted by Crippen LogP contribution is -2.51. The first-order chi connectivity index (χ1) is 11.1. The average molecular weight is 317 g/mol. The highest BCUT2D eigenvalue weighted by Crippen LogP contribution is 2.17. The molecule has 2 saturated heterocycles. The highest BCUT2D eigenvalue weighted by Gasteiger charge is 2.31. The summed E-state index contributed by atoms with van der Waals surface area (Å²) in [6.45, 7) is 1.30. The Balaban J connectivity index is 1.54. The van der Waals surface area contributed by atoms with E-state index >= 15 is 0 Å². The van der Waals surface area contributed by atoms with Gasteiger partial charge in [0.2, 0.25) is 5.91 Å². The maximum absolute atomic E-state index is 12.1. The Morgan fingerprint density at radius 2 is 2.26 bits per heavy atom. The van der Waals surface area contributed by atoms with Crippen molar-refractivity contribution in [2.45, 2.75) is 18.9 Å². The molecule has 8 nitrogen and oxygen atoms in total. The third kappa shape index (κ3) is 3.58. The molecule has 0 aliphatic carbocycles. The van der Waals surface area contributed by atoms with Crippen LogP contribution in [0.1, 0.15) is 12.8 Å². The standard InChI is InChI=1S/C15H19N5O3/c21-13(10-20-14(22)8-17-15(20)23)18-11-4-3-7-19(9-11)12-5-1-2-6-16-12/h1-2,5-6,11H,3-4,7-10H2,(H,17,23)(H,18,21)/t11-/m1/s1. The average Bonchev–Trinajstić information content (AvgIpc) is 2.88. The second-order valence-corrected chi connectivity index (χ2v) is 5.68. The molecule has 0 radical (unpaired) electrons. The molecule has 1 aromatic rings. The summed E-state index contributed by atoms with van der Waals surface area (Å²) in [5.74, 6) is 0.202. The Kier molecular flexibility index (Phi) is 4.40. The zero-order chi connectivity index (χ0) is 16.2. The SMILES string of the molecule is O=C(CN1C(=O)CNC1=O)N[C@@H]1CCCN(c2ccccn2)C1. The molecule has 4 amide bonds. The largest absolute Gasteiger partial charge is 0.355 e. The van der Waals surface area contributed by atoms with Gasteiger partial charge in [-0.2, -0.15) is 0 Å². The Labute approximate surface area is 133 Å². The van der Waals surface area contributed by atoms with Gasteiger partial charge in [0.05, 0.1) is 6.54 Å². The fourth-order valence-corrected chi connectivity index (χ4v) is 2.88. The third-order valence-electron chi connectivity index (χ3n) is 4.00. The summed E-state index contributed by atoms with van der Waals surface area (Å²) in [4.78, 5) is 42.4. The molecule has 2 fully saturated rings. The normalized spacial score (nSPS) is 21.3. The Hall–Kier alpha value is -2.64. The molecule has 2 aliphatic heterocycles. The number of imide groups is 1. The topological polar surface area (TPSA) is 94.6 Å². The van der Waals surface area contributed by atoms with Gasteiger partial charge in [-0.15, -0.1) is 0 Å². The van der Waals surface area contributed by atoms with E-state index in [1.165, 1.54) is 0 Å². The summed E-state index contributed by atoms with van der Waals surface area (Å²) in [5, 5.41) is 5.30. The summed E-state index contributed by atoms with van der Waals surface area (Å²) >= 11 is 0. The van der Waals surface area contributed by atoms with Crippen molar-refractivity contribution in [2.75, 3.05) is 31.1 Å². The van der Waals surface area contributed by atoms with Crippen LogP contribution in [0, 0.1) is 0 Å². The first-order valence-corrected chi connectivity index (χ1v) is 7.67. The number of piperidine rings is 1. The van der Waals surface area contributed by atoms with Gasteiger partial charge in [-0.1, -0.05) is 6.07 Å². The van der Waals surface area contributed by atoms with Gasteiger partial charge < -0.3 is 15.5 Å². The van der Waals surface area contributed by atoms with Crippen molar-refractivity contribution in [1.29, 1.82) is 0 Å². The number of carbonyl (C=O) groups is 3. The van der Waals surface area contributed by atoms with Crippen molar-refractivity contribution in [3.63, 3.8) is 0 Å². The number of aromatic nitrogens is 1. The van der Waals surface area contributed by atoms with Gasteiger partial charge in [0.25, 0.3) is 5.91 Å². The Bertz CT molecular complexity index is 590. The van der Waals surface area contributed by atoms with E-state index in [2.05, 4.69) is 20.5 Å². The number of nitrogens with one attached hydrogen (secondary N) is 2. The van der Waals surface area contributed by atoms with Crippen LogP contribution in [0.2, 0.25) is 0 Å². The number of hydrogen-bond donors (Lipinski definition) is 2. The second-order valence-electron chi connectivity index (χ2n) is 5.68. The number of carbonyl (C=O) groups excluding carboxylic acids is 3. The molecule has 2 aliphatic rings. The molecule has 122 valence electrons. The molecule has 0 aromatic carbocycles. The lowest BCUT2D eigenvalue weighted by Gasteiger charge is -2.34. The first-order valence-electron chi connectivity index (χ1n) is 7.67. The maximum atomic E-state index is 12.1. The number of amides is 4. The summed E-state index contributed by atoms with van der Waals surface area (Å²) in [6, 6.07) is 5.22. The summed E-state index contributed by atoms with van der Waals surface area (Å²) in [5.41, 5.74) is 0. The van der Waals surface area contributed by atoms with E-state index in [4.69, 9.17) is 0 Å². The molecule has 2 N–H and O–H groups in total. The zero-order valence-electron chi connectivity index (χ0n) is 12.7. The minimum Gasteiger partial charge on any atom is -0.355 e. The minimum atomic E-state index is -0.510. The third-order valence-corrected chi connectivity index (χ3v) is 4.00. The predicted octanol–water partition coefficient (Wildman–Crippen LogP) is -0.282. The Morgan fingerprint density at radius 1 is 1.39 bits per heavy atom. The number of urea groups is 1. The van der Waals surface area contributed by atoms with Gasteiger partial charge in [0, 0.05) is 25.3 Å². The minimum absolute atomic E-state index is 0.0148. The molecule has 23 heavy (non-hydrogen) atoms. The van der Waals surface area contributed by atoms with Gasteiger partial charge in [0.1, 0.15) is 12.4 Å². The fourth-order valence-electron chi connectivity index (χ4n) is 2.88. The van der Waals surface area contributed by atoms with Crippen molar-refractivity contribution in [3.8, 4) is 0 Å². The predicted molar refractivity (Wildman–Crippen MR) is 82.7 cm³/mol. The number of anilines is 1. The van der Waals surface area contributed by atoms with E-state index in [-0.39, 0.29) is 30.9 Å². The van der Waals surface area contributed by atoms with Crippen molar-refractivity contribution in [2.24, 2.45) is 0 Å². The van der Waals surface area contributed by atoms with Gasteiger partial charge in [-0.25, -0.2) is 9.78 Å². The van der Waals surface area contributed by atoms with E-state index in [0.717, 1.165) is 30.1 Å². The molecule has 3 rings (SSSR count). The zero-order valence-corrected chi connectivity index (χ0v) is 12.7. The van der Waals surface area contributed by atoms with Crippen LogP contribution in [-0.2, 0) is 9.59 Å². The van der Waals surface area contributed by atoms with E-state index < -0.39 is 6.03 Å². The van der Waals surface area contributed by atoms with Gasteiger partial charge in [-0.3, -0.25) is 14.5 Å². The molecule has 8 heteroatoms. The fraction of sp³-hybridized carbons (Fsp3) is 0.467. The number of rotatable bonds is 4. The first kappa shape index (κ1) is 15.3. The van der Waals surface area contributed by atoms with Crippen LogP contribution in [0.15, 0.2) is 24.4 Å². The van der Waals surface area contributed by atoms with Crippen LogP contribution < -0.4 is 15.5 Å². The van der Waals surface area contributed by atoms with E-state index in [9.17, 15) is 14.4 Å². The molecule has 1 aromatic heterocycles. The number of hydrogen-bond acceptors (Lipinski definition) is 5. The van der Waals surface area contributed by atoms with Gasteiger partial charge >= 0.3 is 6.03 Å². The van der Waals surface area contributed by atoms with Crippen molar-refractivity contribution >= 4 is 23.7 Å². The molecule has 0 saturated carbocycles. The number of pyridine rings is 1. The molecule has 1 atom stereocenters. The molecule has 0 unspecified atom stereocenters. The monoisotopic (exact) mass is 317 g/mol. The van der Waals surface area contributed by atoms with Crippen molar-refractivity contribution in [1.82, 2.24) is 20.5 Å². The quantitative estimate of drug-likeness (QED) is 0.745. The van der Waals surface area contributed by atoms with Crippen LogP contribution >= 0.6 is 0 Å². The van der Waals surface area contributed by atoms with Gasteiger partial charge in [-0.05, 0) is 25.0 Å². The van der Waals surface area contributed by atoms with E-state index in [1.54, 1.807) is 6.20 Å².